The summed E-state index contributed by atoms with van der Waals surface area (Å²) in [4.78, 5) is 25.4. The summed E-state index contributed by atoms with van der Waals surface area (Å²) in [5.74, 6) is -1.36. The molecule has 3 nitrogen and oxygen atoms in total. The van der Waals surface area contributed by atoms with Crippen molar-refractivity contribution >= 4 is 23.5 Å². The molecule has 2 aromatic carbocycles. The molecule has 3 rings (SSSR count). The summed E-state index contributed by atoms with van der Waals surface area (Å²) < 4.78 is 0. The van der Waals surface area contributed by atoms with Crippen LogP contribution in [0.1, 0.15) is 34.3 Å². The van der Waals surface area contributed by atoms with Crippen molar-refractivity contribution in [2.75, 3.05) is 0 Å². The van der Waals surface area contributed by atoms with Crippen LogP contribution in [0.2, 0.25) is 0 Å². The monoisotopic (exact) mass is 298 g/mol. The molecule has 0 amide bonds. The van der Waals surface area contributed by atoms with E-state index in [1.165, 1.54) is 11.8 Å². The number of benzene rings is 2. The molecule has 4 heteroatoms. The average molecular weight is 298 g/mol. The first-order valence-electron chi connectivity index (χ1n) is 6.72. The van der Waals surface area contributed by atoms with Gasteiger partial charge in [0, 0.05) is 21.8 Å². The lowest BCUT2D eigenvalue weighted by Gasteiger charge is -2.11. The summed E-state index contributed by atoms with van der Waals surface area (Å²) in [5, 5.41) is 9.13. The summed E-state index contributed by atoms with van der Waals surface area (Å²) >= 11 is 1.54. The third-order valence-electron chi connectivity index (χ3n) is 3.72. The van der Waals surface area contributed by atoms with Crippen molar-refractivity contribution in [2.24, 2.45) is 0 Å². The Balaban J connectivity index is 2.08. The Morgan fingerprint density at radius 2 is 1.95 bits per heavy atom. The number of fused-ring (bicyclic) bond motifs is 2. The van der Waals surface area contributed by atoms with Crippen molar-refractivity contribution in [1.29, 1.82) is 0 Å². The molecule has 0 spiro atoms. The Kier molecular flexibility index (Phi) is 3.55. The minimum atomic E-state index is -0.861. The minimum absolute atomic E-state index is 0.0805. The average Bonchev–Trinajstić information content (AvgIpc) is 2.61. The molecule has 2 aromatic rings. The highest BCUT2D eigenvalue weighted by molar-refractivity contribution is 7.99. The zero-order valence-electron chi connectivity index (χ0n) is 11.5. The van der Waals surface area contributed by atoms with Gasteiger partial charge in [0.2, 0.25) is 0 Å². The van der Waals surface area contributed by atoms with Crippen LogP contribution in [-0.2, 0) is 11.2 Å². The molecule has 106 valence electrons. The van der Waals surface area contributed by atoms with Crippen LogP contribution in [0.4, 0.5) is 0 Å². The molecule has 1 unspecified atom stereocenters. The SMILES string of the molecule is CC(C(=O)O)c1ccc2c(c1)Sc1ccccc1CC2=O. The first-order valence-corrected chi connectivity index (χ1v) is 7.53. The van der Waals surface area contributed by atoms with E-state index in [4.69, 9.17) is 5.11 Å². The zero-order chi connectivity index (χ0) is 15.0. The number of hydrogen-bond donors (Lipinski definition) is 1. The van der Waals surface area contributed by atoms with Gasteiger partial charge in [0.25, 0.3) is 0 Å². The lowest BCUT2D eigenvalue weighted by Crippen LogP contribution is -2.09. The molecule has 21 heavy (non-hydrogen) atoms. The van der Waals surface area contributed by atoms with Crippen molar-refractivity contribution in [3.8, 4) is 0 Å². The number of rotatable bonds is 2. The quantitative estimate of drug-likeness (QED) is 0.917. The van der Waals surface area contributed by atoms with Gasteiger partial charge in [0.15, 0.2) is 5.78 Å². The standard InChI is InChI=1S/C17H14O3S/c1-10(17(19)20)11-6-7-13-14(18)8-12-4-2-3-5-15(12)21-16(13)9-11/h2-7,9-10H,8H2,1H3,(H,19,20). The van der Waals surface area contributed by atoms with Crippen LogP contribution in [0.5, 0.6) is 0 Å². The van der Waals surface area contributed by atoms with Gasteiger partial charge in [-0.3, -0.25) is 9.59 Å². The highest BCUT2D eigenvalue weighted by atomic mass is 32.2. The number of ketones is 1. The van der Waals surface area contributed by atoms with E-state index in [-0.39, 0.29) is 5.78 Å². The van der Waals surface area contributed by atoms with Gasteiger partial charge in [0.05, 0.1) is 5.92 Å². The van der Waals surface area contributed by atoms with Crippen molar-refractivity contribution in [2.45, 2.75) is 29.1 Å². The number of carboxylic acid groups (broad SMARTS) is 1. The molecule has 1 aliphatic rings. The van der Waals surface area contributed by atoms with Crippen molar-refractivity contribution < 1.29 is 14.7 Å². The predicted molar refractivity (Wildman–Crippen MR) is 81.1 cm³/mol. The molecule has 0 bridgehead atoms. The fourth-order valence-corrected chi connectivity index (χ4v) is 3.54. The van der Waals surface area contributed by atoms with Gasteiger partial charge in [-0.25, -0.2) is 0 Å². The zero-order valence-corrected chi connectivity index (χ0v) is 12.3. The maximum atomic E-state index is 12.4. The van der Waals surface area contributed by atoms with Crippen LogP contribution in [0.25, 0.3) is 0 Å². The van der Waals surface area contributed by atoms with Gasteiger partial charge < -0.3 is 5.11 Å². The second-order valence-corrected chi connectivity index (χ2v) is 6.21. The maximum absolute atomic E-state index is 12.4. The first kappa shape index (κ1) is 13.9. The molecule has 1 aliphatic heterocycles. The van der Waals surface area contributed by atoms with Crippen LogP contribution in [0, 0.1) is 0 Å². The van der Waals surface area contributed by atoms with Gasteiger partial charge in [-0.15, -0.1) is 0 Å². The van der Waals surface area contributed by atoms with E-state index < -0.39 is 11.9 Å². The summed E-state index contributed by atoms with van der Waals surface area (Å²) in [6, 6.07) is 13.2. The fourth-order valence-electron chi connectivity index (χ4n) is 2.40. The van der Waals surface area contributed by atoms with Gasteiger partial charge in [-0.05, 0) is 36.2 Å². The van der Waals surface area contributed by atoms with Crippen molar-refractivity contribution in [3.05, 3.63) is 59.2 Å². The molecule has 0 saturated carbocycles. The first-order chi connectivity index (χ1) is 10.1. The highest BCUT2D eigenvalue weighted by Gasteiger charge is 2.22. The Bertz CT molecular complexity index is 737. The topological polar surface area (TPSA) is 54.4 Å². The third kappa shape index (κ3) is 2.59. The molecule has 1 N–H and O–H groups in total. The van der Waals surface area contributed by atoms with E-state index in [0.717, 1.165) is 20.9 Å². The molecule has 0 fully saturated rings. The van der Waals surface area contributed by atoms with Gasteiger partial charge in [-0.1, -0.05) is 36.0 Å². The van der Waals surface area contributed by atoms with Crippen molar-refractivity contribution in [3.63, 3.8) is 0 Å². The number of carboxylic acids is 1. The van der Waals surface area contributed by atoms with E-state index in [1.54, 1.807) is 19.1 Å². The van der Waals surface area contributed by atoms with Gasteiger partial charge in [0.1, 0.15) is 0 Å². The number of hydrogen-bond acceptors (Lipinski definition) is 3. The Morgan fingerprint density at radius 3 is 2.71 bits per heavy atom. The van der Waals surface area contributed by atoms with Crippen molar-refractivity contribution in [1.82, 2.24) is 0 Å². The second kappa shape index (κ2) is 5.37. The molecule has 1 atom stereocenters. The fraction of sp³-hybridized carbons (Fsp3) is 0.176. The number of Topliss-reactive ketones (excluding diaryl/α,β-unsaturated/α-hetero) is 1. The van der Waals surface area contributed by atoms with Crippen LogP contribution >= 0.6 is 11.8 Å². The summed E-state index contributed by atoms with van der Waals surface area (Å²) in [6.07, 6.45) is 0.393. The molecule has 0 aromatic heterocycles. The third-order valence-corrected chi connectivity index (χ3v) is 4.90. The predicted octanol–water partition coefficient (Wildman–Crippen LogP) is 3.76. The second-order valence-electron chi connectivity index (χ2n) is 5.13. The largest absolute Gasteiger partial charge is 0.481 e. The van der Waals surface area contributed by atoms with E-state index >= 15 is 0 Å². The molecule has 0 saturated heterocycles. The summed E-state index contributed by atoms with van der Waals surface area (Å²) in [7, 11) is 0. The minimum Gasteiger partial charge on any atom is -0.481 e. The number of carbonyl (C=O) groups excluding carboxylic acids is 1. The normalized spacial score (nSPS) is 14.8. The van der Waals surface area contributed by atoms with Crippen LogP contribution in [0.15, 0.2) is 52.3 Å². The lowest BCUT2D eigenvalue weighted by atomic mass is 9.97. The van der Waals surface area contributed by atoms with Gasteiger partial charge in [-0.2, -0.15) is 0 Å². The summed E-state index contributed by atoms with van der Waals surface area (Å²) in [5.41, 5.74) is 2.43. The Morgan fingerprint density at radius 1 is 1.19 bits per heavy atom. The highest BCUT2D eigenvalue weighted by Crippen LogP contribution is 2.38. The number of aliphatic carboxylic acids is 1. The van der Waals surface area contributed by atoms with Crippen LogP contribution in [0.3, 0.4) is 0 Å². The molecule has 0 aliphatic carbocycles. The Labute approximate surface area is 127 Å². The lowest BCUT2D eigenvalue weighted by molar-refractivity contribution is -0.138. The molecular weight excluding hydrogens is 284 g/mol. The van der Waals surface area contributed by atoms with Crippen LogP contribution in [-0.4, -0.2) is 16.9 Å². The smallest absolute Gasteiger partial charge is 0.310 e. The van der Waals surface area contributed by atoms with E-state index in [9.17, 15) is 9.59 Å². The van der Waals surface area contributed by atoms with Gasteiger partial charge >= 0.3 is 5.97 Å². The van der Waals surface area contributed by atoms with E-state index in [0.29, 0.717) is 12.0 Å². The summed E-state index contributed by atoms with van der Waals surface area (Å²) in [6.45, 7) is 1.65. The maximum Gasteiger partial charge on any atom is 0.310 e. The molecule has 1 heterocycles. The van der Waals surface area contributed by atoms with E-state index in [1.807, 2.05) is 30.3 Å². The molecular formula is C17H14O3S. The van der Waals surface area contributed by atoms with Crippen LogP contribution < -0.4 is 0 Å². The molecule has 0 radical (unpaired) electrons. The van der Waals surface area contributed by atoms with E-state index in [2.05, 4.69) is 0 Å². The number of carbonyl (C=O) groups is 2. The Hall–Kier alpha value is -2.07.